The van der Waals surface area contributed by atoms with Gasteiger partial charge in [0.25, 0.3) is 11.8 Å². The van der Waals surface area contributed by atoms with E-state index in [1.165, 1.54) is 16.2 Å². The summed E-state index contributed by atoms with van der Waals surface area (Å²) >= 11 is 1.49. The molecule has 2 amide bonds. The van der Waals surface area contributed by atoms with Crippen molar-refractivity contribution in [1.82, 2.24) is 14.8 Å². The summed E-state index contributed by atoms with van der Waals surface area (Å²) in [5, 5.41) is 3.07. The number of hydrogen-bond donors (Lipinski definition) is 1. The number of hydrogen-bond acceptors (Lipinski definition) is 4. The van der Waals surface area contributed by atoms with Gasteiger partial charge in [-0.2, -0.15) is 0 Å². The van der Waals surface area contributed by atoms with E-state index < -0.39 is 0 Å². The van der Waals surface area contributed by atoms with Crippen molar-refractivity contribution >= 4 is 39.6 Å². The fourth-order valence-corrected chi connectivity index (χ4v) is 5.19. The molecule has 0 aliphatic carbocycles. The number of aromatic nitrogens is 1. The second-order valence-electron chi connectivity index (χ2n) is 8.07. The summed E-state index contributed by atoms with van der Waals surface area (Å²) in [6.07, 6.45) is 2.58. The fourth-order valence-electron chi connectivity index (χ4n) is 4.43. The van der Waals surface area contributed by atoms with Crippen molar-refractivity contribution in [2.45, 2.75) is 19.9 Å². The van der Waals surface area contributed by atoms with Crippen LogP contribution in [0.1, 0.15) is 22.9 Å². The number of thiophene rings is 1. The lowest BCUT2D eigenvalue weighted by atomic mass is 10.1. The zero-order valence-electron chi connectivity index (χ0n) is 18.5. The predicted octanol–water partition coefficient (Wildman–Crippen LogP) is 5.07. The number of aromatic amines is 1. The molecule has 0 radical (unpaired) electrons. The van der Waals surface area contributed by atoms with Crippen molar-refractivity contribution in [2.75, 3.05) is 13.1 Å². The van der Waals surface area contributed by atoms with Crippen LogP contribution in [0.2, 0.25) is 0 Å². The Kier molecular flexibility index (Phi) is 5.84. The van der Waals surface area contributed by atoms with E-state index in [0.29, 0.717) is 37.3 Å². The van der Waals surface area contributed by atoms with Gasteiger partial charge >= 0.3 is 0 Å². The Balaban J connectivity index is 1.45. The third-order valence-corrected chi connectivity index (χ3v) is 6.99. The summed E-state index contributed by atoms with van der Waals surface area (Å²) in [7, 11) is 0. The van der Waals surface area contributed by atoms with E-state index in [-0.39, 0.29) is 11.8 Å². The van der Waals surface area contributed by atoms with E-state index in [9.17, 15) is 9.59 Å². The van der Waals surface area contributed by atoms with Crippen molar-refractivity contribution in [3.8, 4) is 0 Å². The second kappa shape index (κ2) is 9.08. The summed E-state index contributed by atoms with van der Waals surface area (Å²) in [6, 6.07) is 22.0. The average molecular weight is 456 g/mol. The topological polar surface area (TPSA) is 56.4 Å². The first kappa shape index (κ1) is 21.2. The van der Waals surface area contributed by atoms with Crippen LogP contribution < -0.4 is 0 Å². The number of benzene rings is 2. The van der Waals surface area contributed by atoms with Gasteiger partial charge < -0.3 is 9.88 Å². The normalized spacial score (nSPS) is 14.0. The van der Waals surface area contributed by atoms with Crippen molar-refractivity contribution < 1.29 is 9.59 Å². The van der Waals surface area contributed by atoms with Gasteiger partial charge in [0.15, 0.2) is 0 Å². The third kappa shape index (κ3) is 3.98. The van der Waals surface area contributed by atoms with Gasteiger partial charge in [0.2, 0.25) is 0 Å². The number of carbonyl (C=O) groups excluding carboxylic acids is 2. The first-order chi connectivity index (χ1) is 16.2. The Labute approximate surface area is 197 Å². The van der Waals surface area contributed by atoms with Crippen LogP contribution >= 0.6 is 11.3 Å². The number of H-pyrrole nitrogens is 1. The molecule has 6 heteroatoms. The van der Waals surface area contributed by atoms with Crippen LogP contribution in [-0.4, -0.2) is 39.7 Å². The maximum absolute atomic E-state index is 13.6. The first-order valence-corrected chi connectivity index (χ1v) is 12.0. The molecular formula is C27H25N3O2S. The molecule has 0 bridgehead atoms. The number of imide groups is 1. The molecule has 0 spiro atoms. The Morgan fingerprint density at radius 3 is 2.48 bits per heavy atom. The minimum atomic E-state index is -0.207. The van der Waals surface area contributed by atoms with Gasteiger partial charge in [-0.3, -0.25) is 14.5 Å². The summed E-state index contributed by atoms with van der Waals surface area (Å²) in [4.78, 5) is 34.7. The smallest absolute Gasteiger partial charge is 0.277 e. The summed E-state index contributed by atoms with van der Waals surface area (Å²) in [5.74, 6) is -0.412. The van der Waals surface area contributed by atoms with Crippen LogP contribution in [0.15, 0.2) is 84.0 Å². The van der Waals surface area contributed by atoms with Gasteiger partial charge in [-0.15, -0.1) is 11.3 Å². The highest BCUT2D eigenvalue weighted by Gasteiger charge is 2.41. The zero-order chi connectivity index (χ0) is 22.8. The van der Waals surface area contributed by atoms with Crippen LogP contribution in [0.3, 0.4) is 0 Å². The van der Waals surface area contributed by atoms with Gasteiger partial charge in [-0.05, 0) is 42.0 Å². The lowest BCUT2D eigenvalue weighted by Gasteiger charge is -2.24. The summed E-state index contributed by atoms with van der Waals surface area (Å²) in [6.45, 7) is 3.58. The van der Waals surface area contributed by atoms with Crippen molar-refractivity contribution in [3.63, 3.8) is 0 Å². The third-order valence-electron chi connectivity index (χ3n) is 6.10. The lowest BCUT2D eigenvalue weighted by Crippen LogP contribution is -2.36. The lowest BCUT2D eigenvalue weighted by molar-refractivity contribution is -0.137. The van der Waals surface area contributed by atoms with E-state index in [1.54, 1.807) is 0 Å². The molecule has 0 fully saturated rings. The molecule has 0 saturated carbocycles. The predicted molar refractivity (Wildman–Crippen MR) is 132 cm³/mol. The molecular weight excluding hydrogens is 430 g/mol. The van der Waals surface area contributed by atoms with Gasteiger partial charge in [-0.1, -0.05) is 54.6 Å². The highest BCUT2D eigenvalue weighted by atomic mass is 32.1. The fraction of sp³-hybridized carbons (Fsp3) is 0.185. The second-order valence-corrected chi connectivity index (χ2v) is 9.02. The molecule has 2 aromatic heterocycles. The van der Waals surface area contributed by atoms with Gasteiger partial charge in [-0.25, -0.2) is 0 Å². The Morgan fingerprint density at radius 2 is 1.73 bits per heavy atom. The molecule has 0 saturated heterocycles. The molecule has 1 N–H and O–H groups in total. The van der Waals surface area contributed by atoms with Crippen LogP contribution in [0.25, 0.3) is 16.5 Å². The number of likely N-dealkylation sites (N-methyl/N-ethyl adjacent to an activating group) is 1. The number of nitrogens with one attached hydrogen (secondary N) is 1. The van der Waals surface area contributed by atoms with Crippen molar-refractivity contribution in [1.29, 1.82) is 0 Å². The maximum Gasteiger partial charge on any atom is 0.277 e. The van der Waals surface area contributed by atoms with E-state index in [2.05, 4.69) is 11.1 Å². The molecule has 166 valence electrons. The minimum Gasteiger partial charge on any atom is -0.362 e. The standard InChI is InChI=1S/C27H25N3O2S/c1-2-29(18-19-9-4-3-5-10-19)25-24(23-13-8-16-33-23)26(31)30(27(25)32)15-14-20-17-28-22-12-7-6-11-21(20)22/h3-13,16-17,28H,2,14-15,18H2,1H3. The highest BCUT2D eigenvalue weighted by Crippen LogP contribution is 2.35. The number of fused-ring (bicyclic) bond motifs is 1. The molecule has 1 aliphatic rings. The molecule has 33 heavy (non-hydrogen) atoms. The van der Waals surface area contributed by atoms with Crippen LogP contribution in [0, 0.1) is 0 Å². The number of para-hydroxylation sites is 1. The van der Waals surface area contributed by atoms with E-state index in [0.717, 1.165) is 26.9 Å². The van der Waals surface area contributed by atoms with Crippen LogP contribution in [-0.2, 0) is 22.6 Å². The average Bonchev–Trinajstić information content (AvgIpc) is 3.56. The number of rotatable bonds is 8. The van der Waals surface area contributed by atoms with E-state index in [1.807, 2.05) is 84.1 Å². The molecule has 3 heterocycles. The highest BCUT2D eigenvalue weighted by molar-refractivity contribution is 7.11. The maximum atomic E-state index is 13.6. The van der Waals surface area contributed by atoms with Gasteiger partial charge in [0.05, 0.1) is 5.57 Å². The van der Waals surface area contributed by atoms with Gasteiger partial charge in [0.1, 0.15) is 5.70 Å². The van der Waals surface area contributed by atoms with Crippen LogP contribution in [0.4, 0.5) is 0 Å². The molecule has 5 rings (SSSR count). The quantitative estimate of drug-likeness (QED) is 0.377. The largest absolute Gasteiger partial charge is 0.362 e. The molecule has 1 aliphatic heterocycles. The monoisotopic (exact) mass is 455 g/mol. The van der Waals surface area contributed by atoms with E-state index >= 15 is 0 Å². The van der Waals surface area contributed by atoms with E-state index in [4.69, 9.17) is 0 Å². The molecule has 0 unspecified atom stereocenters. The molecule has 0 atom stereocenters. The Hall–Kier alpha value is -3.64. The summed E-state index contributed by atoms with van der Waals surface area (Å²) < 4.78 is 0. The van der Waals surface area contributed by atoms with Crippen molar-refractivity contribution in [2.24, 2.45) is 0 Å². The summed E-state index contributed by atoms with van der Waals surface area (Å²) in [5.41, 5.74) is 4.30. The SMILES string of the molecule is CCN(Cc1ccccc1)C1=C(c2cccs2)C(=O)N(CCc2c[nH]c3ccccc23)C1=O. The van der Waals surface area contributed by atoms with Crippen molar-refractivity contribution in [3.05, 3.63) is 100 Å². The minimum absolute atomic E-state index is 0.205. The molecule has 5 nitrogen and oxygen atoms in total. The van der Waals surface area contributed by atoms with Crippen LogP contribution in [0.5, 0.6) is 0 Å². The molecule has 4 aromatic rings. The Morgan fingerprint density at radius 1 is 0.939 bits per heavy atom. The van der Waals surface area contributed by atoms with Gasteiger partial charge in [0, 0.05) is 41.6 Å². The number of nitrogens with zero attached hydrogens (tertiary/aromatic N) is 2. The first-order valence-electron chi connectivity index (χ1n) is 11.2. The number of carbonyl (C=O) groups is 2. The zero-order valence-corrected chi connectivity index (χ0v) is 19.3. The molecule has 2 aromatic carbocycles. The number of amides is 2. The Bertz CT molecular complexity index is 1320.